The first kappa shape index (κ1) is 15.5. The zero-order chi connectivity index (χ0) is 14.2. The lowest BCUT2D eigenvalue weighted by atomic mass is 9.77. The zero-order valence-electron chi connectivity index (χ0n) is 13.0. The highest BCUT2D eigenvalue weighted by atomic mass is 16.5. The molecule has 1 aromatic rings. The van der Waals surface area contributed by atoms with Crippen molar-refractivity contribution in [1.29, 1.82) is 0 Å². The van der Waals surface area contributed by atoms with Crippen molar-refractivity contribution in [1.82, 2.24) is 5.32 Å². The van der Waals surface area contributed by atoms with Gasteiger partial charge in [-0.1, -0.05) is 31.2 Å². The van der Waals surface area contributed by atoms with E-state index in [1.54, 1.807) is 5.56 Å². The third-order valence-electron chi connectivity index (χ3n) is 4.33. The summed E-state index contributed by atoms with van der Waals surface area (Å²) < 4.78 is 5.49. The third-order valence-corrected chi connectivity index (χ3v) is 4.33. The summed E-state index contributed by atoms with van der Waals surface area (Å²) in [5, 5.41) is 3.78. The lowest BCUT2D eigenvalue weighted by Crippen LogP contribution is -2.33. The highest BCUT2D eigenvalue weighted by Crippen LogP contribution is 2.36. The maximum atomic E-state index is 5.49. The van der Waals surface area contributed by atoms with Crippen LogP contribution in [0.2, 0.25) is 0 Å². The standard InChI is InChI=1S/C18H29NO/c1-3-13-19-18-16(9-7-14-20-4-2)12-11-15-8-5-6-10-17(15)18/h5-6,8,10,16,18-19H,3-4,7,9,11-14H2,1-2H3. The Morgan fingerprint density at radius 1 is 1.25 bits per heavy atom. The molecule has 0 aliphatic heterocycles. The lowest BCUT2D eigenvalue weighted by Gasteiger charge is -2.34. The Morgan fingerprint density at radius 2 is 2.10 bits per heavy atom. The highest BCUT2D eigenvalue weighted by Gasteiger charge is 2.28. The van der Waals surface area contributed by atoms with E-state index in [-0.39, 0.29) is 0 Å². The molecule has 2 rings (SSSR count). The van der Waals surface area contributed by atoms with Gasteiger partial charge in [0.2, 0.25) is 0 Å². The van der Waals surface area contributed by atoms with Crippen molar-refractivity contribution < 1.29 is 4.74 Å². The van der Waals surface area contributed by atoms with E-state index in [0.29, 0.717) is 6.04 Å². The molecule has 0 amide bonds. The van der Waals surface area contributed by atoms with Gasteiger partial charge in [-0.05, 0) is 62.6 Å². The van der Waals surface area contributed by atoms with Crippen molar-refractivity contribution in [2.45, 2.75) is 52.0 Å². The van der Waals surface area contributed by atoms with Crippen molar-refractivity contribution in [3.05, 3.63) is 35.4 Å². The van der Waals surface area contributed by atoms with Gasteiger partial charge in [-0.25, -0.2) is 0 Å². The molecule has 2 nitrogen and oxygen atoms in total. The summed E-state index contributed by atoms with van der Waals surface area (Å²) in [6.07, 6.45) is 6.20. The summed E-state index contributed by atoms with van der Waals surface area (Å²) in [7, 11) is 0. The molecule has 0 radical (unpaired) electrons. The van der Waals surface area contributed by atoms with Crippen LogP contribution in [0.3, 0.4) is 0 Å². The van der Waals surface area contributed by atoms with Crippen LogP contribution in [0.1, 0.15) is 56.7 Å². The third kappa shape index (κ3) is 4.07. The Kier molecular flexibility index (Phi) is 6.55. The minimum atomic E-state index is 0.543. The maximum absolute atomic E-state index is 5.49. The second-order valence-electron chi connectivity index (χ2n) is 5.77. The summed E-state index contributed by atoms with van der Waals surface area (Å²) in [6, 6.07) is 9.51. The van der Waals surface area contributed by atoms with Crippen molar-refractivity contribution in [2.24, 2.45) is 5.92 Å². The van der Waals surface area contributed by atoms with E-state index in [2.05, 4.69) is 43.4 Å². The Bertz CT molecular complexity index is 391. The molecule has 1 aliphatic rings. The van der Waals surface area contributed by atoms with Crippen LogP contribution in [0.5, 0.6) is 0 Å². The molecule has 0 heterocycles. The van der Waals surface area contributed by atoms with Gasteiger partial charge in [-0.2, -0.15) is 0 Å². The molecule has 2 unspecified atom stereocenters. The fourth-order valence-corrected chi connectivity index (χ4v) is 3.31. The molecule has 0 saturated heterocycles. The zero-order valence-corrected chi connectivity index (χ0v) is 13.0. The van der Waals surface area contributed by atoms with Gasteiger partial charge in [-0.15, -0.1) is 0 Å². The van der Waals surface area contributed by atoms with Crippen LogP contribution in [0, 0.1) is 5.92 Å². The topological polar surface area (TPSA) is 21.3 Å². The number of benzene rings is 1. The number of nitrogens with one attached hydrogen (secondary N) is 1. The van der Waals surface area contributed by atoms with Crippen LogP contribution in [0.15, 0.2) is 24.3 Å². The van der Waals surface area contributed by atoms with E-state index >= 15 is 0 Å². The first-order valence-electron chi connectivity index (χ1n) is 8.25. The molecule has 112 valence electrons. The molecule has 1 aromatic carbocycles. The van der Waals surface area contributed by atoms with Gasteiger partial charge in [0.1, 0.15) is 0 Å². The van der Waals surface area contributed by atoms with Gasteiger partial charge in [0.05, 0.1) is 0 Å². The molecule has 1 N–H and O–H groups in total. The fraction of sp³-hybridized carbons (Fsp3) is 0.667. The van der Waals surface area contributed by atoms with Crippen LogP contribution >= 0.6 is 0 Å². The van der Waals surface area contributed by atoms with E-state index in [1.807, 2.05) is 0 Å². The van der Waals surface area contributed by atoms with Crippen molar-refractivity contribution >= 4 is 0 Å². The number of hydrogen-bond donors (Lipinski definition) is 1. The Hall–Kier alpha value is -0.860. The number of ether oxygens (including phenoxy) is 1. The smallest absolute Gasteiger partial charge is 0.0466 e. The number of aryl methyl sites for hydroxylation is 1. The molecule has 0 fully saturated rings. The van der Waals surface area contributed by atoms with E-state index < -0.39 is 0 Å². The van der Waals surface area contributed by atoms with Crippen LogP contribution in [0.4, 0.5) is 0 Å². The van der Waals surface area contributed by atoms with Crippen LogP contribution in [-0.4, -0.2) is 19.8 Å². The average Bonchev–Trinajstić information content (AvgIpc) is 2.50. The fourth-order valence-electron chi connectivity index (χ4n) is 3.31. The largest absolute Gasteiger partial charge is 0.382 e. The minimum absolute atomic E-state index is 0.543. The molecule has 0 bridgehead atoms. The predicted molar refractivity (Wildman–Crippen MR) is 85.0 cm³/mol. The van der Waals surface area contributed by atoms with Gasteiger partial charge in [-0.3, -0.25) is 0 Å². The molecule has 0 saturated carbocycles. The SMILES string of the molecule is CCCNC1c2ccccc2CCC1CCCOCC. The van der Waals surface area contributed by atoms with Crippen molar-refractivity contribution in [3.63, 3.8) is 0 Å². The predicted octanol–water partition coefficient (Wildman–Crippen LogP) is 4.11. The van der Waals surface area contributed by atoms with E-state index in [4.69, 9.17) is 4.74 Å². The summed E-state index contributed by atoms with van der Waals surface area (Å²) in [4.78, 5) is 0. The quantitative estimate of drug-likeness (QED) is 0.721. The minimum Gasteiger partial charge on any atom is -0.382 e. The van der Waals surface area contributed by atoms with Crippen LogP contribution in [0.25, 0.3) is 0 Å². The van der Waals surface area contributed by atoms with Gasteiger partial charge in [0.25, 0.3) is 0 Å². The average molecular weight is 275 g/mol. The van der Waals surface area contributed by atoms with E-state index in [1.165, 1.54) is 37.7 Å². The molecule has 2 atom stereocenters. The highest BCUT2D eigenvalue weighted by molar-refractivity contribution is 5.33. The molecule has 1 aliphatic carbocycles. The first-order valence-corrected chi connectivity index (χ1v) is 8.25. The van der Waals surface area contributed by atoms with Crippen LogP contribution in [-0.2, 0) is 11.2 Å². The van der Waals surface area contributed by atoms with Crippen molar-refractivity contribution in [3.8, 4) is 0 Å². The Labute approximate surface area is 123 Å². The number of hydrogen-bond acceptors (Lipinski definition) is 2. The molecular formula is C18H29NO. The normalized spacial score (nSPS) is 21.7. The molecule has 0 aromatic heterocycles. The molecule has 2 heteroatoms. The lowest BCUT2D eigenvalue weighted by molar-refractivity contribution is 0.135. The molecule has 20 heavy (non-hydrogen) atoms. The second-order valence-corrected chi connectivity index (χ2v) is 5.77. The first-order chi connectivity index (χ1) is 9.86. The van der Waals surface area contributed by atoms with Crippen molar-refractivity contribution in [2.75, 3.05) is 19.8 Å². The summed E-state index contributed by atoms with van der Waals surface area (Å²) >= 11 is 0. The maximum Gasteiger partial charge on any atom is 0.0466 e. The van der Waals surface area contributed by atoms with E-state index in [0.717, 1.165) is 25.7 Å². The van der Waals surface area contributed by atoms with Gasteiger partial charge >= 0.3 is 0 Å². The Morgan fingerprint density at radius 3 is 2.90 bits per heavy atom. The number of rotatable bonds is 8. The van der Waals surface area contributed by atoms with Crippen LogP contribution < -0.4 is 5.32 Å². The Balaban J connectivity index is 2.00. The molecular weight excluding hydrogens is 246 g/mol. The summed E-state index contributed by atoms with van der Waals surface area (Å²) in [5.74, 6) is 0.761. The molecule has 0 spiro atoms. The summed E-state index contributed by atoms with van der Waals surface area (Å²) in [6.45, 7) is 7.18. The monoisotopic (exact) mass is 275 g/mol. The summed E-state index contributed by atoms with van der Waals surface area (Å²) in [5.41, 5.74) is 3.08. The van der Waals surface area contributed by atoms with Gasteiger partial charge < -0.3 is 10.1 Å². The van der Waals surface area contributed by atoms with Gasteiger partial charge in [0, 0.05) is 19.3 Å². The number of fused-ring (bicyclic) bond motifs is 1. The van der Waals surface area contributed by atoms with Gasteiger partial charge in [0.15, 0.2) is 0 Å². The van der Waals surface area contributed by atoms with E-state index in [9.17, 15) is 0 Å². The second kappa shape index (κ2) is 8.43.